The second-order valence-electron chi connectivity index (χ2n) is 6.11. The molecule has 0 aliphatic heterocycles. The van der Waals surface area contributed by atoms with Gasteiger partial charge in [-0.3, -0.25) is 0 Å². The molecular weight excluding hydrogens is 394 g/mol. The predicted octanol–water partition coefficient (Wildman–Crippen LogP) is 4.35. The van der Waals surface area contributed by atoms with E-state index in [4.69, 9.17) is 4.74 Å². The van der Waals surface area contributed by atoms with Crippen molar-refractivity contribution in [3.05, 3.63) is 63.6 Å². The van der Waals surface area contributed by atoms with Crippen LogP contribution in [0, 0.1) is 6.92 Å². The fourth-order valence-electron chi connectivity index (χ4n) is 2.54. The Morgan fingerprint density at radius 1 is 1.15 bits per heavy atom. The van der Waals surface area contributed by atoms with Crippen LogP contribution in [-0.4, -0.2) is 20.2 Å². The van der Waals surface area contributed by atoms with Gasteiger partial charge in [-0.15, -0.1) is 0 Å². The third-order valence-corrected chi connectivity index (χ3v) is 4.43. The summed E-state index contributed by atoms with van der Waals surface area (Å²) in [6.07, 6.45) is 0.974. The van der Waals surface area contributed by atoms with Crippen molar-refractivity contribution < 1.29 is 4.74 Å². The van der Waals surface area contributed by atoms with E-state index >= 15 is 0 Å². The minimum atomic E-state index is 0.530. The first-order chi connectivity index (χ1) is 12.7. The zero-order valence-corrected chi connectivity index (χ0v) is 16.5. The van der Waals surface area contributed by atoms with Gasteiger partial charge < -0.3 is 10.1 Å². The Labute approximate surface area is 161 Å². The molecule has 3 rings (SSSR count). The number of aromatic nitrogens is 4. The zero-order valence-electron chi connectivity index (χ0n) is 14.9. The zero-order chi connectivity index (χ0) is 18.4. The van der Waals surface area contributed by atoms with Crippen molar-refractivity contribution in [3.8, 4) is 5.75 Å². The molecule has 1 aromatic heterocycles. The maximum atomic E-state index is 6.05. The van der Waals surface area contributed by atoms with E-state index in [0.29, 0.717) is 19.1 Å². The van der Waals surface area contributed by atoms with E-state index in [2.05, 4.69) is 74.9 Å². The third kappa shape index (κ3) is 4.82. The number of tetrazole rings is 1. The summed E-state index contributed by atoms with van der Waals surface area (Å²) in [5, 5.41) is 15.1. The van der Waals surface area contributed by atoms with Crippen molar-refractivity contribution in [1.82, 2.24) is 20.2 Å². The van der Waals surface area contributed by atoms with Crippen LogP contribution in [0.25, 0.3) is 0 Å². The summed E-state index contributed by atoms with van der Waals surface area (Å²) in [7, 11) is 0. The summed E-state index contributed by atoms with van der Waals surface area (Å²) in [4.78, 5) is 0. The lowest BCUT2D eigenvalue weighted by Gasteiger charge is -2.13. The van der Waals surface area contributed by atoms with Gasteiger partial charge in [0.25, 0.3) is 0 Å². The van der Waals surface area contributed by atoms with E-state index < -0.39 is 0 Å². The molecule has 0 radical (unpaired) electrons. The molecule has 0 fully saturated rings. The first-order valence-electron chi connectivity index (χ1n) is 8.62. The van der Waals surface area contributed by atoms with Gasteiger partial charge in [-0.05, 0) is 47.5 Å². The number of ether oxygens (including phenoxy) is 1. The second kappa shape index (κ2) is 8.80. The second-order valence-corrected chi connectivity index (χ2v) is 7.02. The number of nitrogens with zero attached hydrogens (tertiary/aromatic N) is 4. The van der Waals surface area contributed by atoms with Gasteiger partial charge in [-0.2, -0.15) is 0 Å². The SMILES string of the molecule is CCCn1nnnc1NCc1cc(Br)ccc1OCc1ccc(C)cc1. The Balaban J connectivity index is 1.69. The Bertz CT molecular complexity index is 847. The van der Waals surface area contributed by atoms with Crippen molar-refractivity contribution >= 4 is 21.9 Å². The lowest BCUT2D eigenvalue weighted by atomic mass is 10.1. The van der Waals surface area contributed by atoms with E-state index in [-0.39, 0.29) is 0 Å². The molecule has 0 amide bonds. The Kier molecular flexibility index (Phi) is 6.22. The standard InChI is InChI=1S/C19H22BrN5O/c1-3-10-25-19(22-23-24-25)21-12-16-11-17(20)8-9-18(16)26-13-15-6-4-14(2)5-7-15/h4-9,11H,3,10,12-13H2,1-2H3,(H,21,22,24). The van der Waals surface area contributed by atoms with Crippen LogP contribution in [0.5, 0.6) is 5.75 Å². The van der Waals surface area contributed by atoms with Crippen molar-refractivity contribution in [3.63, 3.8) is 0 Å². The number of hydrogen-bond acceptors (Lipinski definition) is 5. The summed E-state index contributed by atoms with van der Waals surface area (Å²) in [6.45, 7) is 6.06. The van der Waals surface area contributed by atoms with Gasteiger partial charge in [0.1, 0.15) is 12.4 Å². The largest absolute Gasteiger partial charge is 0.489 e. The molecule has 136 valence electrons. The van der Waals surface area contributed by atoms with E-state index in [1.807, 2.05) is 18.2 Å². The minimum absolute atomic E-state index is 0.530. The van der Waals surface area contributed by atoms with Gasteiger partial charge in [-0.25, -0.2) is 4.68 Å². The molecule has 2 aromatic carbocycles. The number of aryl methyl sites for hydroxylation is 2. The van der Waals surface area contributed by atoms with Crippen LogP contribution in [-0.2, 0) is 19.7 Å². The van der Waals surface area contributed by atoms with Gasteiger partial charge in [0, 0.05) is 23.1 Å². The fraction of sp³-hybridized carbons (Fsp3) is 0.316. The minimum Gasteiger partial charge on any atom is -0.489 e. The van der Waals surface area contributed by atoms with Crippen LogP contribution in [0.15, 0.2) is 46.9 Å². The number of hydrogen-bond donors (Lipinski definition) is 1. The highest BCUT2D eigenvalue weighted by Crippen LogP contribution is 2.25. The van der Waals surface area contributed by atoms with Gasteiger partial charge in [0.05, 0.1) is 0 Å². The molecule has 0 bridgehead atoms. The molecule has 0 saturated carbocycles. The number of benzene rings is 2. The van der Waals surface area contributed by atoms with Crippen LogP contribution >= 0.6 is 15.9 Å². The molecule has 0 unspecified atom stereocenters. The predicted molar refractivity (Wildman–Crippen MR) is 105 cm³/mol. The van der Waals surface area contributed by atoms with Crippen LogP contribution in [0.3, 0.4) is 0 Å². The average Bonchev–Trinajstić information content (AvgIpc) is 3.08. The van der Waals surface area contributed by atoms with Crippen LogP contribution in [0.4, 0.5) is 5.95 Å². The van der Waals surface area contributed by atoms with Crippen molar-refractivity contribution in [2.24, 2.45) is 0 Å². The summed E-state index contributed by atoms with van der Waals surface area (Å²) >= 11 is 3.53. The molecule has 0 aliphatic rings. The van der Waals surface area contributed by atoms with Crippen LogP contribution in [0.2, 0.25) is 0 Å². The van der Waals surface area contributed by atoms with Gasteiger partial charge in [0.15, 0.2) is 0 Å². The highest BCUT2D eigenvalue weighted by atomic mass is 79.9. The smallest absolute Gasteiger partial charge is 0.243 e. The monoisotopic (exact) mass is 415 g/mol. The van der Waals surface area contributed by atoms with Gasteiger partial charge in [-0.1, -0.05) is 57.8 Å². The Hall–Kier alpha value is -2.41. The van der Waals surface area contributed by atoms with E-state index in [9.17, 15) is 0 Å². The molecule has 7 heteroatoms. The van der Waals surface area contributed by atoms with Crippen molar-refractivity contribution in [2.45, 2.75) is 40.0 Å². The summed E-state index contributed by atoms with van der Waals surface area (Å²) in [6, 6.07) is 14.4. The van der Waals surface area contributed by atoms with E-state index in [1.165, 1.54) is 5.56 Å². The summed E-state index contributed by atoms with van der Waals surface area (Å²) in [5.41, 5.74) is 3.42. The average molecular weight is 416 g/mol. The Morgan fingerprint density at radius 3 is 2.73 bits per heavy atom. The highest BCUT2D eigenvalue weighted by Gasteiger charge is 2.09. The van der Waals surface area contributed by atoms with E-state index in [0.717, 1.165) is 34.3 Å². The molecule has 1 N–H and O–H groups in total. The molecule has 1 heterocycles. The normalized spacial score (nSPS) is 10.7. The number of halogens is 1. The quantitative estimate of drug-likeness (QED) is 0.592. The summed E-state index contributed by atoms with van der Waals surface area (Å²) < 4.78 is 8.82. The molecule has 6 nitrogen and oxygen atoms in total. The fourth-order valence-corrected chi connectivity index (χ4v) is 2.95. The lowest BCUT2D eigenvalue weighted by molar-refractivity contribution is 0.303. The third-order valence-electron chi connectivity index (χ3n) is 3.94. The molecule has 3 aromatic rings. The number of anilines is 1. The molecule has 26 heavy (non-hydrogen) atoms. The molecular formula is C19H22BrN5O. The van der Waals surface area contributed by atoms with Crippen molar-refractivity contribution in [1.29, 1.82) is 0 Å². The van der Waals surface area contributed by atoms with Gasteiger partial charge >= 0.3 is 0 Å². The highest BCUT2D eigenvalue weighted by molar-refractivity contribution is 9.10. The van der Waals surface area contributed by atoms with Gasteiger partial charge in [0.2, 0.25) is 5.95 Å². The first-order valence-corrected chi connectivity index (χ1v) is 9.42. The lowest BCUT2D eigenvalue weighted by Crippen LogP contribution is -2.10. The van der Waals surface area contributed by atoms with Crippen LogP contribution in [0.1, 0.15) is 30.0 Å². The molecule has 0 spiro atoms. The van der Waals surface area contributed by atoms with Crippen LogP contribution < -0.4 is 10.1 Å². The molecule has 0 saturated heterocycles. The molecule has 0 atom stereocenters. The number of rotatable bonds is 8. The topological polar surface area (TPSA) is 64.9 Å². The first kappa shape index (κ1) is 18.4. The maximum Gasteiger partial charge on any atom is 0.243 e. The summed E-state index contributed by atoms with van der Waals surface area (Å²) in [5.74, 6) is 1.51. The Morgan fingerprint density at radius 2 is 1.96 bits per heavy atom. The number of nitrogens with one attached hydrogen (secondary N) is 1. The van der Waals surface area contributed by atoms with Crippen molar-refractivity contribution in [2.75, 3.05) is 5.32 Å². The maximum absolute atomic E-state index is 6.05. The molecule has 0 aliphatic carbocycles. The van der Waals surface area contributed by atoms with E-state index in [1.54, 1.807) is 4.68 Å².